The molecule has 0 radical (unpaired) electrons. The van der Waals surface area contributed by atoms with Crippen molar-refractivity contribution in [3.05, 3.63) is 53.6 Å². The Morgan fingerprint density at radius 2 is 2.08 bits per heavy atom. The summed E-state index contributed by atoms with van der Waals surface area (Å²) in [5, 5.41) is 2.79. The quantitative estimate of drug-likeness (QED) is 0.867. The van der Waals surface area contributed by atoms with E-state index >= 15 is 0 Å². The molecule has 3 N–H and O–H groups in total. The van der Waals surface area contributed by atoms with Crippen molar-refractivity contribution in [3.8, 4) is 0 Å². The maximum atomic E-state index is 12.3. The largest absolute Gasteiger partial charge is 0.369 e. The Balaban J connectivity index is 1.85. The predicted molar refractivity (Wildman–Crippen MR) is 97.5 cm³/mol. The Kier molecular flexibility index (Phi) is 4.41. The molecule has 1 aromatic carbocycles. The van der Waals surface area contributed by atoms with Gasteiger partial charge in [-0.15, -0.1) is 0 Å². The Bertz CT molecular complexity index is 893. The second-order valence-corrected chi connectivity index (χ2v) is 6.45. The van der Waals surface area contributed by atoms with Crippen LogP contribution in [0.15, 0.2) is 41.7 Å². The summed E-state index contributed by atoms with van der Waals surface area (Å²) < 4.78 is 0. The van der Waals surface area contributed by atoms with Crippen LogP contribution in [0, 0.1) is 6.92 Å². The van der Waals surface area contributed by atoms with E-state index in [1.807, 2.05) is 13.0 Å². The molecule has 2 amide bonds. The molecule has 26 heavy (non-hydrogen) atoms. The highest BCUT2D eigenvalue weighted by Crippen LogP contribution is 2.34. The fraction of sp³-hybridized carbons (Fsp3) is 0.278. The molecule has 1 atom stereocenters. The second kappa shape index (κ2) is 6.55. The lowest BCUT2D eigenvalue weighted by molar-refractivity contribution is -0.128. The molecule has 0 aliphatic carbocycles. The first-order valence-corrected chi connectivity index (χ1v) is 8.11. The van der Waals surface area contributed by atoms with Gasteiger partial charge in [0, 0.05) is 18.9 Å². The van der Waals surface area contributed by atoms with Gasteiger partial charge >= 0.3 is 0 Å². The van der Waals surface area contributed by atoms with Crippen LogP contribution < -0.4 is 11.1 Å². The number of nitrogens with one attached hydrogen (secondary N) is 1. The van der Waals surface area contributed by atoms with Gasteiger partial charge in [-0.25, -0.2) is 9.98 Å². The zero-order valence-corrected chi connectivity index (χ0v) is 14.9. The summed E-state index contributed by atoms with van der Waals surface area (Å²) in [6.45, 7) is 3.64. The van der Waals surface area contributed by atoms with Crippen molar-refractivity contribution < 1.29 is 9.59 Å². The topological polar surface area (TPSA) is 114 Å². The van der Waals surface area contributed by atoms with E-state index < -0.39 is 5.54 Å². The number of benzene rings is 1. The molecule has 1 aliphatic rings. The molecular formula is C18H20N6O2. The molecule has 134 valence electrons. The zero-order chi connectivity index (χ0) is 18.9. The number of hydrogen-bond acceptors (Lipinski definition) is 6. The van der Waals surface area contributed by atoms with Gasteiger partial charge in [-0.2, -0.15) is 0 Å². The minimum atomic E-state index is -0.780. The fourth-order valence-electron chi connectivity index (χ4n) is 2.71. The minimum absolute atomic E-state index is 0.107. The lowest BCUT2D eigenvalue weighted by Gasteiger charge is -2.33. The van der Waals surface area contributed by atoms with E-state index in [1.54, 1.807) is 32.2 Å². The van der Waals surface area contributed by atoms with Crippen molar-refractivity contribution in [2.24, 2.45) is 10.7 Å². The summed E-state index contributed by atoms with van der Waals surface area (Å²) in [6, 6.07) is 7.20. The van der Waals surface area contributed by atoms with E-state index in [0.717, 1.165) is 11.3 Å². The van der Waals surface area contributed by atoms with Crippen molar-refractivity contribution >= 4 is 23.5 Å². The van der Waals surface area contributed by atoms with E-state index in [2.05, 4.69) is 20.3 Å². The van der Waals surface area contributed by atoms with Crippen molar-refractivity contribution in [1.29, 1.82) is 0 Å². The van der Waals surface area contributed by atoms with E-state index in [-0.39, 0.29) is 29.9 Å². The molecule has 0 unspecified atom stereocenters. The van der Waals surface area contributed by atoms with Gasteiger partial charge in [-0.1, -0.05) is 12.1 Å². The van der Waals surface area contributed by atoms with Crippen LogP contribution in [0.25, 0.3) is 0 Å². The predicted octanol–water partition coefficient (Wildman–Crippen LogP) is 1.43. The Morgan fingerprint density at radius 1 is 1.31 bits per heavy atom. The van der Waals surface area contributed by atoms with Crippen molar-refractivity contribution in [1.82, 2.24) is 14.9 Å². The third kappa shape index (κ3) is 3.39. The number of aryl methyl sites for hydroxylation is 1. The number of amides is 2. The zero-order valence-electron chi connectivity index (χ0n) is 14.9. The third-order valence-corrected chi connectivity index (χ3v) is 4.33. The third-order valence-electron chi connectivity index (χ3n) is 4.33. The molecule has 1 aliphatic heterocycles. The van der Waals surface area contributed by atoms with Crippen molar-refractivity contribution in [3.63, 3.8) is 0 Å². The molecule has 8 nitrogen and oxygen atoms in total. The first-order chi connectivity index (χ1) is 12.3. The lowest BCUT2D eigenvalue weighted by atomic mass is 9.87. The highest BCUT2D eigenvalue weighted by Gasteiger charge is 2.36. The average molecular weight is 352 g/mol. The maximum Gasteiger partial charge on any atom is 0.275 e. The highest BCUT2D eigenvalue weighted by molar-refractivity contribution is 6.02. The summed E-state index contributed by atoms with van der Waals surface area (Å²) in [5.74, 6) is -0.292. The van der Waals surface area contributed by atoms with Crippen LogP contribution >= 0.6 is 0 Å². The van der Waals surface area contributed by atoms with Crippen molar-refractivity contribution in [2.45, 2.75) is 25.8 Å². The number of aliphatic imine (C=N–C) groups is 1. The number of nitrogens with zero attached hydrogens (tertiary/aromatic N) is 4. The van der Waals surface area contributed by atoms with Gasteiger partial charge in [0.15, 0.2) is 5.96 Å². The van der Waals surface area contributed by atoms with Gasteiger partial charge in [0.05, 0.1) is 23.9 Å². The lowest BCUT2D eigenvalue weighted by Crippen LogP contribution is -2.47. The molecular weight excluding hydrogens is 332 g/mol. The van der Waals surface area contributed by atoms with Crippen LogP contribution in [0.2, 0.25) is 0 Å². The van der Waals surface area contributed by atoms with Crippen LogP contribution in [0.4, 0.5) is 5.69 Å². The van der Waals surface area contributed by atoms with Gasteiger partial charge in [0.1, 0.15) is 5.69 Å². The van der Waals surface area contributed by atoms with Gasteiger partial charge in [0.25, 0.3) is 5.91 Å². The number of aromatic nitrogens is 2. The number of carbonyl (C=O) groups excluding carboxylic acids is 2. The van der Waals surface area contributed by atoms with Crippen LogP contribution in [-0.2, 0) is 10.3 Å². The normalized spacial score (nSPS) is 19.9. The molecule has 2 aromatic rings. The SMILES string of the molecule is Cc1cnc(C(=O)Nc2cccc([C@]3(C)CC(=O)N(C)C(N)=N3)c2)cn1. The number of rotatable bonds is 3. The van der Waals surface area contributed by atoms with Crippen LogP contribution in [0.1, 0.15) is 35.1 Å². The Morgan fingerprint density at radius 3 is 2.73 bits per heavy atom. The molecule has 0 fully saturated rings. The van der Waals surface area contributed by atoms with Gasteiger partial charge in [-0.05, 0) is 31.5 Å². The van der Waals surface area contributed by atoms with Gasteiger partial charge < -0.3 is 11.1 Å². The van der Waals surface area contributed by atoms with Crippen LogP contribution in [0.3, 0.4) is 0 Å². The molecule has 0 bridgehead atoms. The van der Waals surface area contributed by atoms with Crippen LogP contribution in [-0.4, -0.2) is 39.7 Å². The summed E-state index contributed by atoms with van der Waals surface area (Å²) >= 11 is 0. The number of hydrogen-bond donors (Lipinski definition) is 2. The smallest absolute Gasteiger partial charge is 0.275 e. The van der Waals surface area contributed by atoms with Gasteiger partial charge in [0.2, 0.25) is 5.91 Å². The standard InChI is InChI=1S/C18H20N6O2/c1-11-9-21-14(10-20-11)16(26)22-13-6-4-5-12(7-13)18(2)8-15(25)24(3)17(19)23-18/h4-7,9-10H,8H2,1-3H3,(H2,19,23)(H,22,26)/t18-/m0/s1. The molecule has 0 spiro atoms. The molecule has 8 heteroatoms. The molecule has 2 heterocycles. The first kappa shape index (κ1) is 17.5. The molecule has 1 aromatic heterocycles. The summed E-state index contributed by atoms with van der Waals surface area (Å²) in [7, 11) is 1.60. The first-order valence-electron chi connectivity index (χ1n) is 8.11. The molecule has 0 saturated carbocycles. The summed E-state index contributed by atoms with van der Waals surface area (Å²) in [4.78, 5) is 38.4. The summed E-state index contributed by atoms with van der Waals surface area (Å²) in [5.41, 5.74) is 7.41. The minimum Gasteiger partial charge on any atom is -0.369 e. The number of nitrogens with two attached hydrogens (primary N) is 1. The fourth-order valence-corrected chi connectivity index (χ4v) is 2.71. The average Bonchev–Trinajstić information content (AvgIpc) is 2.60. The van der Waals surface area contributed by atoms with E-state index in [0.29, 0.717) is 5.69 Å². The number of carbonyl (C=O) groups is 2. The summed E-state index contributed by atoms with van der Waals surface area (Å²) in [6.07, 6.45) is 3.16. The molecule has 0 saturated heterocycles. The van der Waals surface area contributed by atoms with Gasteiger partial charge in [-0.3, -0.25) is 19.5 Å². The highest BCUT2D eigenvalue weighted by atomic mass is 16.2. The van der Waals surface area contributed by atoms with E-state index in [4.69, 9.17) is 5.73 Å². The Hall–Kier alpha value is -3.29. The maximum absolute atomic E-state index is 12.3. The number of guanidine groups is 1. The Labute approximate surface area is 151 Å². The van der Waals surface area contributed by atoms with E-state index in [9.17, 15) is 9.59 Å². The monoisotopic (exact) mass is 352 g/mol. The van der Waals surface area contributed by atoms with Crippen LogP contribution in [0.5, 0.6) is 0 Å². The number of anilines is 1. The van der Waals surface area contributed by atoms with Crippen molar-refractivity contribution in [2.75, 3.05) is 12.4 Å². The van der Waals surface area contributed by atoms with E-state index in [1.165, 1.54) is 17.3 Å². The molecule has 3 rings (SSSR count). The second-order valence-electron chi connectivity index (χ2n) is 6.45.